The van der Waals surface area contributed by atoms with Gasteiger partial charge in [0.05, 0.1) is 36.6 Å². The maximum Gasteiger partial charge on any atom is 0.271 e. The molecule has 17 heteroatoms. The molecule has 0 bridgehead atoms. The Labute approximate surface area is 300 Å². The molecule has 3 aliphatic heterocycles. The van der Waals surface area contributed by atoms with Crippen molar-refractivity contribution in [3.05, 3.63) is 41.9 Å². The molecule has 2 saturated carbocycles. The topological polar surface area (TPSA) is 201 Å². The van der Waals surface area contributed by atoms with Crippen LogP contribution in [-0.4, -0.2) is 107 Å². The van der Waals surface area contributed by atoms with Gasteiger partial charge >= 0.3 is 0 Å². The Balaban J connectivity index is 1.19. The lowest BCUT2D eigenvalue weighted by atomic mass is 10.0. The van der Waals surface area contributed by atoms with Crippen LogP contribution in [0.1, 0.15) is 63.5 Å². The minimum absolute atomic E-state index is 0.00337. The van der Waals surface area contributed by atoms with Gasteiger partial charge in [0.15, 0.2) is 5.82 Å². The van der Waals surface area contributed by atoms with E-state index in [-0.39, 0.29) is 42.9 Å². The number of hydrogen-bond donors (Lipinski definition) is 3. The number of nitrogens with one attached hydrogen (secondary N) is 3. The highest BCUT2D eigenvalue weighted by Gasteiger charge is 2.62. The summed E-state index contributed by atoms with van der Waals surface area (Å²) < 4.78 is 48.6. The molecule has 1 aromatic heterocycles. The van der Waals surface area contributed by atoms with Crippen LogP contribution in [0.5, 0.6) is 5.88 Å². The van der Waals surface area contributed by atoms with Crippen LogP contribution in [0.4, 0.5) is 4.39 Å². The highest BCUT2D eigenvalue weighted by atomic mass is 32.2. The third kappa shape index (κ3) is 7.41. The predicted octanol–water partition coefficient (Wildman–Crippen LogP) is 1.44. The van der Waals surface area contributed by atoms with E-state index in [1.165, 1.54) is 23.2 Å². The Bertz CT molecular complexity index is 2000. The molecule has 5 aliphatic rings. The first-order valence-electron chi connectivity index (χ1n) is 17.7. The maximum atomic E-state index is 14.7. The first-order valence-corrected chi connectivity index (χ1v) is 19.3. The molecule has 2 aliphatic carbocycles. The minimum atomic E-state index is -3.91. The molecule has 15 nitrogen and oxygen atoms in total. The van der Waals surface area contributed by atoms with Crippen molar-refractivity contribution < 1.29 is 36.7 Å². The first-order chi connectivity index (χ1) is 24.9. The Hall–Kier alpha value is -4.80. The monoisotopic (exact) mass is 736 g/mol. The fourth-order valence-corrected chi connectivity index (χ4v) is 8.38. The largest absolute Gasteiger partial charge is 0.471 e. The second kappa shape index (κ2) is 14.3. The van der Waals surface area contributed by atoms with Crippen LogP contribution in [0.25, 0.3) is 11.0 Å². The Morgan fingerprint density at radius 1 is 1.10 bits per heavy atom. The number of nitrogens with zero attached hydrogens (tertiary/aromatic N) is 5. The number of aryl methyl sites for hydroxylation is 1. The Morgan fingerprint density at radius 2 is 1.92 bits per heavy atom. The summed E-state index contributed by atoms with van der Waals surface area (Å²) in [6.45, 7) is 2.36. The van der Waals surface area contributed by atoms with Crippen molar-refractivity contribution in [2.45, 2.75) is 93.7 Å². The second-order valence-corrected chi connectivity index (χ2v) is 16.0. The number of benzene rings is 1. The van der Waals surface area contributed by atoms with Crippen molar-refractivity contribution in [2.75, 3.05) is 19.6 Å². The van der Waals surface area contributed by atoms with Crippen LogP contribution in [0.2, 0.25) is 0 Å². The molecule has 1 aromatic carbocycles. The van der Waals surface area contributed by atoms with Gasteiger partial charge in [0.1, 0.15) is 40.6 Å². The number of rotatable bonds is 7. The lowest BCUT2D eigenvalue weighted by Gasteiger charge is -2.30. The third-order valence-corrected chi connectivity index (χ3v) is 12.0. The summed E-state index contributed by atoms with van der Waals surface area (Å²) in [5, 5.41) is 4.99. The van der Waals surface area contributed by atoms with Crippen LogP contribution >= 0.6 is 0 Å². The van der Waals surface area contributed by atoms with Gasteiger partial charge in [-0.15, -0.1) is 0 Å². The van der Waals surface area contributed by atoms with Gasteiger partial charge in [-0.1, -0.05) is 31.1 Å². The van der Waals surface area contributed by atoms with Crippen molar-refractivity contribution in [1.29, 1.82) is 0 Å². The van der Waals surface area contributed by atoms with Gasteiger partial charge in [-0.2, -0.15) is 0 Å². The molecule has 1 saturated heterocycles. The third-order valence-electron chi connectivity index (χ3n) is 10.2. The minimum Gasteiger partial charge on any atom is -0.471 e. The smallest absolute Gasteiger partial charge is 0.271 e. The van der Waals surface area contributed by atoms with E-state index in [1.807, 2.05) is 12.2 Å². The zero-order valence-electron chi connectivity index (χ0n) is 28.7. The highest BCUT2D eigenvalue weighted by Crippen LogP contribution is 2.46. The number of sulfonamides is 1. The number of para-hydroxylation sites is 1. The summed E-state index contributed by atoms with van der Waals surface area (Å²) in [6.07, 6.45) is 8.46. The number of hydrogen-bond acceptors (Lipinski definition) is 11. The number of aliphatic imine (C=N–C) groups is 2. The lowest BCUT2D eigenvalue weighted by Crippen LogP contribution is -2.58. The number of aromatic nitrogens is 2. The average molecular weight is 737 g/mol. The number of carbonyl (C=O) groups is 4. The second-order valence-electron chi connectivity index (χ2n) is 14.0. The Kier molecular flexibility index (Phi) is 9.80. The molecular formula is C35H41FN8O7S. The van der Waals surface area contributed by atoms with Gasteiger partial charge in [0, 0.05) is 12.3 Å². The molecule has 7 rings (SSSR count). The standard InChI is InChI=1S/C35H41FN8O7S/c1-20-32(41-29-24(36)9-7-11-25(29)39-20)51-22-16-28-31(46)42-35(34(48)43-52(49,50)23-12-13-23)17-21(35)8-5-3-2-4-6-10-26(33(47)44(28)19-22)40-30(45)27-18-37-14-15-38-27/h5,7-9,11,18,21-23,26,28H,2-4,6,10,12-17,19H2,1H3,(H,40,45)(H,42,46)(H,43,48). The van der Waals surface area contributed by atoms with Gasteiger partial charge in [0.25, 0.3) is 11.8 Å². The normalized spacial score (nSPS) is 28.1. The summed E-state index contributed by atoms with van der Waals surface area (Å²) in [7, 11) is -3.91. The quantitative estimate of drug-likeness (QED) is 0.352. The van der Waals surface area contributed by atoms with Crippen molar-refractivity contribution >= 4 is 56.6 Å². The van der Waals surface area contributed by atoms with Crippen molar-refractivity contribution in [1.82, 2.24) is 30.2 Å². The number of amides is 4. The number of ether oxygens (including phenoxy) is 1. The van der Waals surface area contributed by atoms with Gasteiger partial charge < -0.3 is 20.3 Å². The molecule has 4 amide bonds. The fourth-order valence-electron chi connectivity index (χ4n) is 7.02. The zero-order chi connectivity index (χ0) is 36.6. The van der Waals surface area contributed by atoms with Crippen molar-refractivity contribution in [2.24, 2.45) is 15.9 Å². The highest BCUT2D eigenvalue weighted by molar-refractivity contribution is 7.91. The van der Waals surface area contributed by atoms with Gasteiger partial charge in [-0.25, -0.2) is 22.8 Å². The lowest BCUT2D eigenvalue weighted by molar-refractivity contribution is -0.142. The van der Waals surface area contributed by atoms with E-state index >= 15 is 0 Å². The molecule has 0 radical (unpaired) electrons. The average Bonchev–Trinajstić information content (AvgIpc) is 4.05. The molecule has 2 aromatic rings. The predicted molar refractivity (Wildman–Crippen MR) is 188 cm³/mol. The van der Waals surface area contributed by atoms with Gasteiger partial charge in [-0.3, -0.25) is 33.9 Å². The summed E-state index contributed by atoms with van der Waals surface area (Å²) in [6, 6.07) is 2.21. The molecule has 276 valence electrons. The maximum absolute atomic E-state index is 14.7. The van der Waals surface area contributed by atoms with Crippen LogP contribution in [-0.2, 0) is 29.2 Å². The van der Waals surface area contributed by atoms with Crippen molar-refractivity contribution in [3.63, 3.8) is 0 Å². The zero-order valence-corrected chi connectivity index (χ0v) is 29.5. The molecule has 52 heavy (non-hydrogen) atoms. The first kappa shape index (κ1) is 35.6. The summed E-state index contributed by atoms with van der Waals surface area (Å²) in [4.78, 5) is 74.1. The summed E-state index contributed by atoms with van der Waals surface area (Å²) in [5.41, 5.74) is -0.719. The van der Waals surface area contributed by atoms with Gasteiger partial charge in [0.2, 0.25) is 27.7 Å². The van der Waals surface area contributed by atoms with E-state index in [9.17, 15) is 32.0 Å². The van der Waals surface area contributed by atoms with E-state index in [2.05, 4.69) is 35.3 Å². The van der Waals surface area contributed by atoms with Crippen LogP contribution < -0.4 is 20.1 Å². The molecular weight excluding hydrogens is 695 g/mol. The van der Waals surface area contributed by atoms with Gasteiger partial charge in [-0.05, 0) is 57.6 Å². The number of carbonyl (C=O) groups excluding carboxylic acids is 4. The van der Waals surface area contributed by atoms with E-state index in [1.54, 1.807) is 13.0 Å². The number of allylic oxidation sites excluding steroid dienone is 1. The van der Waals surface area contributed by atoms with E-state index in [4.69, 9.17) is 4.74 Å². The van der Waals surface area contributed by atoms with Crippen molar-refractivity contribution in [3.8, 4) is 5.88 Å². The number of halogens is 1. The molecule has 5 unspecified atom stereocenters. The molecule has 5 atom stereocenters. The van der Waals surface area contributed by atoms with E-state index in [0.717, 1.165) is 12.8 Å². The van der Waals surface area contributed by atoms with E-state index < -0.39 is 74.4 Å². The molecule has 3 fully saturated rings. The SMILES string of the molecule is Cc1nc2cccc(F)c2nc1OC1CC2C(=O)NC3(C(=O)NS(=O)(=O)C4CC4)CC3C=CCCCCCC(NC(=O)C3=NCCN=C3)C(=O)N2C1. The molecule has 3 N–H and O–H groups in total. The fraction of sp³-hybridized carbons (Fsp3) is 0.543. The van der Waals surface area contributed by atoms with Crippen LogP contribution in [0, 0.1) is 18.7 Å². The summed E-state index contributed by atoms with van der Waals surface area (Å²) >= 11 is 0. The molecule has 4 heterocycles. The van der Waals surface area contributed by atoms with Crippen LogP contribution in [0.3, 0.4) is 0 Å². The molecule has 0 spiro atoms. The van der Waals surface area contributed by atoms with Crippen LogP contribution in [0.15, 0.2) is 40.3 Å². The summed E-state index contributed by atoms with van der Waals surface area (Å²) in [5.74, 6) is -3.60. The Morgan fingerprint density at radius 3 is 2.69 bits per heavy atom. The number of fused-ring (bicyclic) bond motifs is 3. The van der Waals surface area contributed by atoms with E-state index in [0.29, 0.717) is 50.0 Å².